The second-order valence-electron chi connectivity index (χ2n) is 6.25. The highest BCUT2D eigenvalue weighted by molar-refractivity contribution is 6.31. The molecule has 2 aromatic rings. The van der Waals surface area contributed by atoms with Crippen LogP contribution in [-0.2, 0) is 6.54 Å². The van der Waals surface area contributed by atoms with Crippen LogP contribution < -0.4 is 0 Å². The summed E-state index contributed by atoms with van der Waals surface area (Å²) < 4.78 is 19.3. The topological polar surface area (TPSA) is 46.3 Å². The van der Waals surface area contributed by atoms with Crippen LogP contribution in [0, 0.1) is 5.82 Å². The van der Waals surface area contributed by atoms with E-state index >= 15 is 0 Å². The minimum absolute atomic E-state index is 0.124. The summed E-state index contributed by atoms with van der Waals surface area (Å²) in [4.78, 5) is 14.4. The normalized spacial score (nSPS) is 17.3. The lowest BCUT2D eigenvalue weighted by molar-refractivity contribution is 0.0717. The van der Waals surface area contributed by atoms with Gasteiger partial charge in [-0.05, 0) is 37.8 Å². The summed E-state index contributed by atoms with van der Waals surface area (Å²) in [5.41, 5.74) is 0.645. The lowest BCUT2D eigenvalue weighted by Gasteiger charge is -2.22. The van der Waals surface area contributed by atoms with E-state index in [0.717, 1.165) is 31.4 Å². The molecule has 120 valence electrons. The Labute approximate surface area is 138 Å². The zero-order chi connectivity index (χ0) is 16.0. The maximum atomic E-state index is 14.0. The summed E-state index contributed by atoms with van der Waals surface area (Å²) in [5.74, 6) is 0.560. The molecule has 0 unspecified atom stereocenters. The van der Waals surface area contributed by atoms with Gasteiger partial charge < -0.3 is 9.42 Å². The number of hydrogen-bond donors (Lipinski definition) is 0. The average Bonchev–Trinajstić information content (AvgIpc) is 3.46. The van der Waals surface area contributed by atoms with Crippen molar-refractivity contribution in [2.45, 2.75) is 44.2 Å². The van der Waals surface area contributed by atoms with Crippen molar-refractivity contribution in [2.24, 2.45) is 0 Å². The lowest BCUT2D eigenvalue weighted by Crippen LogP contribution is -2.33. The van der Waals surface area contributed by atoms with Gasteiger partial charge in [-0.2, -0.15) is 0 Å². The van der Waals surface area contributed by atoms with E-state index < -0.39 is 5.82 Å². The van der Waals surface area contributed by atoms with Crippen molar-refractivity contribution < 1.29 is 13.7 Å². The van der Waals surface area contributed by atoms with Gasteiger partial charge in [0.05, 0.1) is 6.54 Å². The molecule has 2 aliphatic rings. The van der Waals surface area contributed by atoms with E-state index in [1.807, 2.05) is 0 Å². The first-order valence-corrected chi connectivity index (χ1v) is 8.21. The van der Waals surface area contributed by atoms with Crippen LogP contribution in [0.25, 0.3) is 0 Å². The zero-order valence-electron chi connectivity index (χ0n) is 12.5. The minimum atomic E-state index is -0.394. The number of aromatic nitrogens is 1. The van der Waals surface area contributed by atoms with E-state index in [-0.39, 0.29) is 18.5 Å². The third kappa shape index (κ3) is 2.98. The van der Waals surface area contributed by atoms with Crippen molar-refractivity contribution in [3.05, 3.63) is 52.1 Å². The molecule has 2 saturated carbocycles. The molecule has 6 heteroatoms. The summed E-state index contributed by atoms with van der Waals surface area (Å²) in [6.07, 6.45) is 4.01. The number of halogens is 2. The Kier molecular flexibility index (Phi) is 3.60. The number of amides is 1. The highest BCUT2D eigenvalue weighted by Crippen LogP contribution is 2.40. The van der Waals surface area contributed by atoms with Crippen LogP contribution in [0.4, 0.5) is 4.39 Å². The van der Waals surface area contributed by atoms with Crippen LogP contribution in [-0.4, -0.2) is 22.0 Å². The van der Waals surface area contributed by atoms with Gasteiger partial charge in [-0.25, -0.2) is 4.39 Å². The third-order valence-electron chi connectivity index (χ3n) is 4.37. The quantitative estimate of drug-likeness (QED) is 0.825. The van der Waals surface area contributed by atoms with Crippen LogP contribution in [0.2, 0.25) is 5.02 Å². The SMILES string of the molecule is O=C(c1cc(C2CC2)on1)N(Cc1c(F)cccc1Cl)C1CC1. The van der Waals surface area contributed by atoms with E-state index in [4.69, 9.17) is 16.1 Å². The standard InChI is InChI=1S/C17H16ClFN2O2/c18-13-2-1-3-14(19)12(13)9-21(11-6-7-11)17(22)15-8-16(23-20-15)10-4-5-10/h1-3,8,10-11H,4-7,9H2. The molecule has 0 saturated heterocycles. The van der Waals surface area contributed by atoms with Gasteiger partial charge >= 0.3 is 0 Å². The zero-order valence-corrected chi connectivity index (χ0v) is 13.2. The monoisotopic (exact) mass is 334 g/mol. The highest BCUT2D eigenvalue weighted by Gasteiger charge is 2.36. The molecule has 1 amide bonds. The average molecular weight is 335 g/mol. The van der Waals surface area contributed by atoms with Crippen LogP contribution >= 0.6 is 11.6 Å². The van der Waals surface area contributed by atoms with Crippen LogP contribution in [0.3, 0.4) is 0 Å². The number of carbonyl (C=O) groups is 1. The van der Waals surface area contributed by atoms with Gasteiger partial charge in [-0.15, -0.1) is 0 Å². The van der Waals surface area contributed by atoms with Crippen molar-refractivity contribution in [1.29, 1.82) is 0 Å². The third-order valence-corrected chi connectivity index (χ3v) is 4.72. The molecule has 1 aromatic heterocycles. The summed E-state index contributed by atoms with van der Waals surface area (Å²) >= 11 is 6.09. The molecule has 0 N–H and O–H groups in total. The Morgan fingerprint density at radius 1 is 1.35 bits per heavy atom. The van der Waals surface area contributed by atoms with Gasteiger partial charge in [0.1, 0.15) is 11.6 Å². The first-order valence-electron chi connectivity index (χ1n) is 7.84. The first kappa shape index (κ1) is 14.7. The van der Waals surface area contributed by atoms with Gasteiger partial charge in [0.2, 0.25) is 0 Å². The first-order chi connectivity index (χ1) is 11.1. The molecule has 4 rings (SSSR count). The molecule has 2 fully saturated rings. The molecule has 1 aromatic carbocycles. The predicted octanol–water partition coefficient (Wildman–Crippen LogP) is 4.15. The molecule has 0 aliphatic heterocycles. The van der Waals surface area contributed by atoms with Crippen molar-refractivity contribution in [2.75, 3.05) is 0 Å². The Hall–Kier alpha value is -1.88. The lowest BCUT2D eigenvalue weighted by atomic mass is 10.1. The van der Waals surface area contributed by atoms with Crippen molar-refractivity contribution in [1.82, 2.24) is 10.1 Å². The Morgan fingerprint density at radius 3 is 2.78 bits per heavy atom. The predicted molar refractivity (Wildman–Crippen MR) is 82.8 cm³/mol. The van der Waals surface area contributed by atoms with E-state index in [9.17, 15) is 9.18 Å². The molecular weight excluding hydrogens is 319 g/mol. The van der Waals surface area contributed by atoms with E-state index in [1.54, 1.807) is 23.1 Å². The van der Waals surface area contributed by atoms with Gasteiger partial charge in [0, 0.05) is 28.6 Å². The fourth-order valence-corrected chi connectivity index (χ4v) is 2.93. The van der Waals surface area contributed by atoms with E-state index in [1.165, 1.54) is 6.07 Å². The second kappa shape index (κ2) is 5.64. The minimum Gasteiger partial charge on any atom is -0.360 e. The number of nitrogens with zero attached hydrogens (tertiary/aromatic N) is 2. The maximum absolute atomic E-state index is 14.0. The van der Waals surface area contributed by atoms with Gasteiger partial charge in [0.15, 0.2) is 5.69 Å². The highest BCUT2D eigenvalue weighted by atomic mass is 35.5. The smallest absolute Gasteiger partial charge is 0.276 e. The molecule has 4 nitrogen and oxygen atoms in total. The van der Waals surface area contributed by atoms with Crippen molar-refractivity contribution >= 4 is 17.5 Å². The largest absolute Gasteiger partial charge is 0.360 e. The van der Waals surface area contributed by atoms with Gasteiger partial charge in [-0.1, -0.05) is 22.8 Å². The number of hydrogen-bond acceptors (Lipinski definition) is 3. The summed E-state index contributed by atoms with van der Waals surface area (Å²) in [7, 11) is 0. The van der Waals surface area contributed by atoms with Crippen LogP contribution in [0.1, 0.15) is 53.4 Å². The second-order valence-corrected chi connectivity index (χ2v) is 6.66. The molecule has 0 atom stereocenters. The Morgan fingerprint density at radius 2 is 2.13 bits per heavy atom. The fourth-order valence-electron chi connectivity index (χ4n) is 2.70. The molecule has 1 heterocycles. The van der Waals surface area contributed by atoms with Crippen LogP contribution in [0.15, 0.2) is 28.8 Å². The van der Waals surface area contributed by atoms with E-state index in [0.29, 0.717) is 22.2 Å². The van der Waals surface area contributed by atoms with Crippen molar-refractivity contribution in [3.63, 3.8) is 0 Å². The molecule has 0 radical (unpaired) electrons. The van der Waals surface area contributed by atoms with Crippen LogP contribution in [0.5, 0.6) is 0 Å². The number of carbonyl (C=O) groups excluding carboxylic acids is 1. The molecule has 0 bridgehead atoms. The Balaban J connectivity index is 1.58. The van der Waals surface area contributed by atoms with Crippen molar-refractivity contribution in [3.8, 4) is 0 Å². The number of benzene rings is 1. The maximum Gasteiger partial charge on any atom is 0.276 e. The van der Waals surface area contributed by atoms with Gasteiger partial charge in [-0.3, -0.25) is 4.79 Å². The molecule has 0 spiro atoms. The Bertz CT molecular complexity index is 733. The van der Waals surface area contributed by atoms with E-state index in [2.05, 4.69) is 5.16 Å². The number of rotatable bonds is 5. The fraction of sp³-hybridized carbons (Fsp3) is 0.412. The summed E-state index contributed by atoms with van der Waals surface area (Å²) in [6.45, 7) is 0.153. The summed E-state index contributed by atoms with van der Waals surface area (Å²) in [5, 5.41) is 4.24. The molecular formula is C17H16ClFN2O2. The molecule has 2 aliphatic carbocycles. The summed E-state index contributed by atoms with van der Waals surface area (Å²) in [6, 6.07) is 6.40. The molecule has 23 heavy (non-hydrogen) atoms. The van der Waals surface area contributed by atoms with Gasteiger partial charge in [0.25, 0.3) is 5.91 Å².